The fraction of sp³-hybridized carbons (Fsp3) is 0.366. The number of esters is 1. The van der Waals surface area contributed by atoms with Gasteiger partial charge >= 0.3 is 18.2 Å². The molecule has 2 aromatic heterocycles. The molecule has 320 valence electrons. The molecule has 7 rings (SSSR count). The van der Waals surface area contributed by atoms with E-state index < -0.39 is 71.8 Å². The van der Waals surface area contributed by atoms with Crippen molar-refractivity contribution < 1.29 is 45.8 Å². The van der Waals surface area contributed by atoms with Crippen LogP contribution < -0.4 is 5.32 Å². The van der Waals surface area contributed by atoms with Crippen LogP contribution in [0.2, 0.25) is 5.02 Å². The van der Waals surface area contributed by atoms with Crippen molar-refractivity contribution in [3.8, 4) is 11.4 Å². The first-order valence-corrected chi connectivity index (χ1v) is 19.3. The molecule has 2 amide bonds. The highest BCUT2D eigenvalue weighted by Gasteiger charge is 2.64. The van der Waals surface area contributed by atoms with E-state index in [0.717, 1.165) is 15.9 Å². The Balaban J connectivity index is 1.34. The van der Waals surface area contributed by atoms with Gasteiger partial charge in [0.05, 0.1) is 28.6 Å². The largest absolute Gasteiger partial charge is 0.463 e. The molecular weight excluding hydrogens is 829 g/mol. The van der Waals surface area contributed by atoms with Gasteiger partial charge in [0.2, 0.25) is 5.96 Å². The number of alkyl halides is 5. The second-order valence-electron chi connectivity index (χ2n) is 16.0. The van der Waals surface area contributed by atoms with Crippen LogP contribution in [0.25, 0.3) is 11.4 Å². The lowest BCUT2D eigenvalue weighted by Gasteiger charge is -2.35. The Bertz CT molecular complexity index is 2420. The zero-order valence-electron chi connectivity index (χ0n) is 32.9. The third-order valence-electron chi connectivity index (χ3n) is 10.4. The van der Waals surface area contributed by atoms with Gasteiger partial charge in [-0.05, 0) is 65.6 Å². The van der Waals surface area contributed by atoms with Gasteiger partial charge in [-0.25, -0.2) is 28.2 Å². The number of ether oxygens (including phenoxy) is 2. The highest BCUT2D eigenvalue weighted by Crippen LogP contribution is 2.60. The van der Waals surface area contributed by atoms with E-state index in [1.54, 1.807) is 59.2 Å². The van der Waals surface area contributed by atoms with Crippen LogP contribution in [0.4, 0.5) is 26.7 Å². The molecule has 61 heavy (non-hydrogen) atoms. The van der Waals surface area contributed by atoms with Gasteiger partial charge in [-0.2, -0.15) is 18.3 Å². The summed E-state index contributed by atoms with van der Waals surface area (Å²) in [7, 11) is 0. The summed E-state index contributed by atoms with van der Waals surface area (Å²) in [5.41, 5.74) is -2.96. The Labute approximate surface area is 350 Å². The number of benzene rings is 3. The number of guanidine groups is 1. The monoisotopic (exact) mass is 867 g/mol. The van der Waals surface area contributed by atoms with Gasteiger partial charge in [0, 0.05) is 5.69 Å². The summed E-state index contributed by atoms with van der Waals surface area (Å²) < 4.78 is 83.5. The number of nitrogens with one attached hydrogen (secondary N) is 1. The van der Waals surface area contributed by atoms with Gasteiger partial charge in [-0.15, -0.1) is 10.2 Å². The molecule has 2 aliphatic rings. The predicted octanol–water partition coefficient (Wildman–Crippen LogP) is 8.21. The number of rotatable bonds is 13. The van der Waals surface area contributed by atoms with E-state index in [1.165, 1.54) is 30.9 Å². The highest BCUT2D eigenvalue weighted by atomic mass is 35.5. The van der Waals surface area contributed by atoms with Gasteiger partial charge in [-0.3, -0.25) is 24.4 Å². The number of hydrogen-bond acceptors (Lipinski definition) is 10. The molecule has 1 aliphatic heterocycles. The second-order valence-corrected chi connectivity index (χ2v) is 16.4. The molecular formula is C41H39ClF5N9O5. The van der Waals surface area contributed by atoms with E-state index in [9.17, 15) is 31.5 Å². The van der Waals surface area contributed by atoms with Crippen molar-refractivity contribution >= 4 is 35.5 Å². The molecule has 2 atom stereocenters. The van der Waals surface area contributed by atoms with Gasteiger partial charge < -0.3 is 9.47 Å². The van der Waals surface area contributed by atoms with Crippen LogP contribution in [0.5, 0.6) is 0 Å². The first-order chi connectivity index (χ1) is 28.9. The zero-order chi connectivity index (χ0) is 43.7. The first kappa shape index (κ1) is 42.9. The topological polar surface area (TPSA) is 159 Å². The molecule has 3 aromatic carbocycles. The van der Waals surface area contributed by atoms with Crippen molar-refractivity contribution in [2.24, 2.45) is 15.8 Å². The molecule has 0 radical (unpaired) electrons. The lowest BCUT2D eigenvalue weighted by atomic mass is 9.75. The highest BCUT2D eigenvalue weighted by molar-refractivity contribution is 6.32. The van der Waals surface area contributed by atoms with Crippen LogP contribution in [0.3, 0.4) is 0 Å². The number of carbonyl (C=O) groups excluding carboxylic acids is 3. The van der Waals surface area contributed by atoms with E-state index in [0.29, 0.717) is 16.8 Å². The number of amides is 2. The number of halogens is 6. The van der Waals surface area contributed by atoms with Crippen LogP contribution in [0.1, 0.15) is 81.4 Å². The van der Waals surface area contributed by atoms with Crippen molar-refractivity contribution in [3.63, 3.8) is 0 Å². The summed E-state index contributed by atoms with van der Waals surface area (Å²) in [5.74, 6) is -3.03. The molecule has 0 saturated heterocycles. The Hall–Kier alpha value is -6.24. The molecule has 5 aromatic rings. The van der Waals surface area contributed by atoms with Crippen molar-refractivity contribution in [2.75, 3.05) is 6.61 Å². The summed E-state index contributed by atoms with van der Waals surface area (Å²) in [6.45, 7) is 4.70. The van der Waals surface area contributed by atoms with Crippen molar-refractivity contribution in [2.45, 2.75) is 77.2 Å². The Morgan fingerprint density at radius 2 is 1.64 bits per heavy atom. The number of nitrogens with zero attached hydrogens (tertiary/aromatic N) is 8. The Morgan fingerprint density at radius 1 is 0.951 bits per heavy atom. The molecule has 14 nitrogen and oxygen atoms in total. The molecule has 0 spiro atoms. The number of aromatic nitrogens is 6. The van der Waals surface area contributed by atoms with Crippen LogP contribution >= 0.6 is 11.6 Å². The smallest absolute Gasteiger partial charge is 0.414 e. The van der Waals surface area contributed by atoms with Crippen molar-refractivity contribution in [3.05, 3.63) is 119 Å². The summed E-state index contributed by atoms with van der Waals surface area (Å²) in [5, 5.41) is 14.1. The Kier molecular flexibility index (Phi) is 11.7. The number of alkyl carbamates (subject to hydrolysis) is 1. The summed E-state index contributed by atoms with van der Waals surface area (Å²) in [6, 6.07) is 18.1. The minimum atomic E-state index is -4.66. The van der Waals surface area contributed by atoms with Crippen LogP contribution in [-0.2, 0) is 31.2 Å². The van der Waals surface area contributed by atoms with Gasteiger partial charge in [0.1, 0.15) is 32.2 Å². The average molecular weight is 868 g/mol. The second kappa shape index (κ2) is 16.7. The minimum Gasteiger partial charge on any atom is -0.463 e. The van der Waals surface area contributed by atoms with Gasteiger partial charge in [-0.1, -0.05) is 80.9 Å². The van der Waals surface area contributed by atoms with E-state index in [2.05, 4.69) is 25.6 Å². The quantitative estimate of drug-likeness (QED) is 0.0910. The van der Waals surface area contributed by atoms with E-state index in [1.807, 2.05) is 20.8 Å². The zero-order valence-corrected chi connectivity index (χ0v) is 33.7. The maximum Gasteiger partial charge on any atom is 0.414 e. The van der Waals surface area contributed by atoms with Crippen LogP contribution in [0.15, 0.2) is 96.8 Å². The van der Waals surface area contributed by atoms with Gasteiger partial charge in [0.15, 0.2) is 11.4 Å². The molecule has 0 bridgehead atoms. The fourth-order valence-electron chi connectivity index (χ4n) is 7.24. The van der Waals surface area contributed by atoms with Crippen molar-refractivity contribution in [1.82, 2.24) is 39.7 Å². The summed E-state index contributed by atoms with van der Waals surface area (Å²) in [4.78, 5) is 52.0. The first-order valence-electron chi connectivity index (χ1n) is 19.0. The lowest BCUT2D eigenvalue weighted by molar-refractivity contribution is -0.195. The molecule has 1 fully saturated rings. The standard InChI is InChI=1S/C41H39ClF5N9O5/c1-38(2,3)21-40(27-10-12-28(13-11-27)54-23-49-50-24-54)35(58)55(36(53-40)52-37(59)61-19-25-7-5-4-6-8-25)31(20-60-32(57)18-39(15-16-39)41(45,46)47)26-9-14-29(42)30(17-26)56-34(33(43)44)48-22-51-56/h4-14,17,22-24,31,33H,15-16,18-21H2,1-3H3,(H,52,53,59)/t31-,40-/m1/s1. The third-order valence-corrected chi connectivity index (χ3v) is 10.7. The normalized spacial score (nSPS) is 17.9. The van der Waals surface area contributed by atoms with E-state index in [4.69, 9.17) is 26.1 Å². The van der Waals surface area contributed by atoms with E-state index in [-0.39, 0.29) is 48.1 Å². The maximum atomic E-state index is 15.5. The molecule has 1 N–H and O–H groups in total. The predicted molar refractivity (Wildman–Crippen MR) is 209 cm³/mol. The lowest BCUT2D eigenvalue weighted by Crippen LogP contribution is -2.49. The number of hydrogen-bond donors (Lipinski definition) is 1. The SMILES string of the molecule is CC(C)(C)C[C@]1(c2ccc(-n3cnnc3)cc2)N=C(NC(=O)OCc2ccccc2)N([C@H](COC(=O)CC2(C(F)(F)F)CC2)c2ccc(Cl)c(-n3ncnc3C(F)F)c2)C1=O. The average Bonchev–Trinajstić information content (AvgIpc) is 3.51. The molecule has 20 heteroatoms. The van der Waals surface area contributed by atoms with Crippen LogP contribution in [-0.4, -0.2) is 71.1 Å². The summed E-state index contributed by atoms with van der Waals surface area (Å²) in [6.07, 6.45) is -6.35. The third kappa shape index (κ3) is 9.11. The minimum absolute atomic E-state index is 0.0503. The van der Waals surface area contributed by atoms with Crippen molar-refractivity contribution in [1.29, 1.82) is 0 Å². The number of aliphatic imine (C=N–C) groups is 1. The van der Waals surface area contributed by atoms with Crippen LogP contribution in [0, 0.1) is 10.8 Å². The Morgan fingerprint density at radius 3 is 2.26 bits per heavy atom. The maximum absolute atomic E-state index is 15.5. The summed E-state index contributed by atoms with van der Waals surface area (Å²) >= 11 is 6.52. The molecule has 3 heterocycles. The fourth-order valence-corrected chi connectivity index (χ4v) is 7.43. The molecule has 1 aliphatic carbocycles. The molecule has 1 saturated carbocycles. The number of carbonyl (C=O) groups is 3. The van der Waals surface area contributed by atoms with E-state index >= 15 is 4.79 Å². The van der Waals surface area contributed by atoms with Gasteiger partial charge in [0.25, 0.3) is 12.3 Å². The molecule has 0 unspecified atom stereocenters.